The van der Waals surface area contributed by atoms with Gasteiger partial charge in [0.15, 0.2) is 5.69 Å². The van der Waals surface area contributed by atoms with Crippen LogP contribution in [0.15, 0.2) is 52.7 Å². The van der Waals surface area contributed by atoms with Gasteiger partial charge in [-0.1, -0.05) is 11.6 Å². The van der Waals surface area contributed by atoms with E-state index in [4.69, 9.17) is 11.6 Å². The molecule has 0 unspecified atom stereocenters. The van der Waals surface area contributed by atoms with E-state index in [1.807, 2.05) is 0 Å². The van der Waals surface area contributed by atoms with Crippen LogP contribution in [0.25, 0.3) is 5.69 Å². The second-order valence-corrected chi connectivity index (χ2v) is 5.71. The van der Waals surface area contributed by atoms with Crippen LogP contribution in [0.2, 0.25) is 5.02 Å². The highest BCUT2D eigenvalue weighted by Crippen LogP contribution is 2.36. The highest BCUT2D eigenvalue weighted by atomic mass is 35.5. The van der Waals surface area contributed by atoms with E-state index in [0.717, 1.165) is 18.2 Å². The van der Waals surface area contributed by atoms with Crippen molar-refractivity contribution in [2.75, 3.05) is 0 Å². The number of nitro groups is 1. The minimum Gasteiger partial charge on any atom is -0.506 e. The molecule has 2 aromatic carbocycles. The summed E-state index contributed by atoms with van der Waals surface area (Å²) >= 11 is 5.85. The van der Waals surface area contributed by atoms with Crippen LogP contribution in [-0.4, -0.2) is 24.9 Å². The van der Waals surface area contributed by atoms with E-state index in [0.29, 0.717) is 16.4 Å². The first kappa shape index (κ1) is 17.4. The normalized spacial score (nSPS) is 11.2. The van der Waals surface area contributed by atoms with Gasteiger partial charge >= 0.3 is 0 Å². The van der Waals surface area contributed by atoms with E-state index in [2.05, 4.69) is 15.3 Å². The molecule has 0 aliphatic heterocycles. The first-order chi connectivity index (χ1) is 12.4. The summed E-state index contributed by atoms with van der Waals surface area (Å²) in [6.07, 6.45) is 0. The Labute approximate surface area is 152 Å². The van der Waals surface area contributed by atoms with Crippen LogP contribution in [0.4, 0.5) is 17.1 Å². The first-order valence-corrected chi connectivity index (χ1v) is 7.68. The summed E-state index contributed by atoms with van der Waals surface area (Å²) < 4.78 is 1.26. The van der Waals surface area contributed by atoms with Crippen LogP contribution in [-0.2, 0) is 0 Å². The van der Waals surface area contributed by atoms with E-state index >= 15 is 0 Å². The number of aromatic nitrogens is 2. The van der Waals surface area contributed by atoms with E-state index in [-0.39, 0.29) is 28.7 Å². The molecule has 0 aliphatic rings. The Morgan fingerprint density at radius 2 is 1.85 bits per heavy atom. The van der Waals surface area contributed by atoms with Gasteiger partial charge in [0, 0.05) is 17.2 Å². The summed E-state index contributed by atoms with van der Waals surface area (Å²) in [6, 6.07) is 10.0. The summed E-state index contributed by atoms with van der Waals surface area (Å²) in [4.78, 5) is 10.2. The predicted molar refractivity (Wildman–Crippen MR) is 93.9 cm³/mol. The fourth-order valence-corrected chi connectivity index (χ4v) is 2.32. The van der Waals surface area contributed by atoms with Crippen molar-refractivity contribution >= 4 is 28.7 Å². The monoisotopic (exact) mass is 373 g/mol. The van der Waals surface area contributed by atoms with Gasteiger partial charge in [-0.05, 0) is 37.3 Å². The third kappa shape index (κ3) is 3.33. The number of aryl methyl sites for hydroxylation is 1. The first-order valence-electron chi connectivity index (χ1n) is 7.30. The Hall–Kier alpha value is -3.46. The zero-order valence-electron chi connectivity index (χ0n) is 13.4. The molecule has 0 saturated carbocycles. The Balaban J connectivity index is 1.98. The minimum absolute atomic E-state index is 0.0749. The molecule has 2 N–H and O–H groups in total. The smallest absolute Gasteiger partial charge is 0.271 e. The van der Waals surface area contributed by atoms with Crippen molar-refractivity contribution in [3.63, 3.8) is 0 Å². The lowest BCUT2D eigenvalue weighted by Crippen LogP contribution is -1.95. The lowest BCUT2D eigenvalue weighted by atomic mass is 10.2. The van der Waals surface area contributed by atoms with E-state index in [9.17, 15) is 20.3 Å². The summed E-state index contributed by atoms with van der Waals surface area (Å²) in [5, 5.41) is 43.4. The van der Waals surface area contributed by atoms with Crippen molar-refractivity contribution in [3.05, 3.63) is 63.3 Å². The molecule has 0 saturated heterocycles. The Morgan fingerprint density at radius 1 is 1.15 bits per heavy atom. The minimum atomic E-state index is -0.611. The van der Waals surface area contributed by atoms with Crippen LogP contribution >= 0.6 is 11.6 Å². The Morgan fingerprint density at radius 3 is 2.50 bits per heavy atom. The fraction of sp³-hybridized carbons (Fsp3) is 0.0625. The van der Waals surface area contributed by atoms with Gasteiger partial charge in [0.05, 0.1) is 16.3 Å². The molecule has 3 rings (SSSR count). The number of non-ortho nitro benzene ring substituents is 1. The van der Waals surface area contributed by atoms with Crippen LogP contribution in [0.5, 0.6) is 11.6 Å². The number of azo groups is 1. The number of hydrogen-bond donors (Lipinski definition) is 2. The van der Waals surface area contributed by atoms with Gasteiger partial charge < -0.3 is 10.2 Å². The van der Waals surface area contributed by atoms with Crippen molar-refractivity contribution < 1.29 is 15.1 Å². The second-order valence-electron chi connectivity index (χ2n) is 5.28. The van der Waals surface area contributed by atoms with E-state index in [1.54, 1.807) is 31.2 Å². The maximum absolute atomic E-state index is 10.8. The van der Waals surface area contributed by atoms with Crippen molar-refractivity contribution in [1.82, 2.24) is 9.78 Å². The summed E-state index contributed by atoms with van der Waals surface area (Å²) in [6.45, 7) is 1.62. The quantitative estimate of drug-likeness (QED) is 0.393. The van der Waals surface area contributed by atoms with Crippen LogP contribution in [0.1, 0.15) is 5.69 Å². The van der Waals surface area contributed by atoms with Gasteiger partial charge in [-0.25, -0.2) is 0 Å². The van der Waals surface area contributed by atoms with Gasteiger partial charge in [0.1, 0.15) is 11.4 Å². The third-order valence-electron chi connectivity index (χ3n) is 3.50. The van der Waals surface area contributed by atoms with Crippen molar-refractivity contribution in [2.45, 2.75) is 6.92 Å². The fourth-order valence-electron chi connectivity index (χ4n) is 2.20. The van der Waals surface area contributed by atoms with Gasteiger partial charge in [-0.2, -0.15) is 9.78 Å². The molecule has 3 aromatic rings. The molecule has 0 aliphatic carbocycles. The van der Waals surface area contributed by atoms with Crippen molar-refractivity contribution in [1.29, 1.82) is 0 Å². The number of hydrogen-bond acceptors (Lipinski definition) is 7. The zero-order chi connectivity index (χ0) is 18.8. The SMILES string of the molecule is Cc1nn(-c2ccc(Cl)cc2)c(O)c1/N=N/c1cc([N+](=O)[O-])ccc1O. The molecule has 0 atom stereocenters. The molecule has 9 nitrogen and oxygen atoms in total. The molecule has 0 spiro atoms. The molecule has 26 heavy (non-hydrogen) atoms. The highest BCUT2D eigenvalue weighted by Gasteiger charge is 2.16. The number of phenols is 1. The molecular weight excluding hydrogens is 362 g/mol. The maximum Gasteiger partial charge on any atom is 0.271 e. The van der Waals surface area contributed by atoms with E-state index < -0.39 is 4.92 Å². The standard InChI is InChI=1S/C16H12ClN5O4/c1-9-15(16(24)21(20-9)11-4-2-10(17)3-5-11)19-18-13-8-12(22(25)26)6-7-14(13)23/h2-8,23-24H,1H3/b19-18+. The highest BCUT2D eigenvalue weighted by molar-refractivity contribution is 6.30. The molecular formula is C16H12ClN5O4. The maximum atomic E-state index is 10.8. The number of halogens is 1. The molecule has 10 heteroatoms. The summed E-state index contributed by atoms with van der Waals surface area (Å²) in [5.41, 5.74) is 0.679. The number of benzene rings is 2. The number of rotatable bonds is 4. The lowest BCUT2D eigenvalue weighted by Gasteiger charge is -2.02. The number of phenolic OH excluding ortho intramolecular Hbond substituents is 1. The molecule has 132 valence electrons. The Kier molecular flexibility index (Phi) is 4.55. The topological polar surface area (TPSA) is 126 Å². The molecule has 1 aromatic heterocycles. The number of nitro benzene ring substituents is 1. The summed E-state index contributed by atoms with van der Waals surface area (Å²) in [7, 11) is 0. The van der Waals surface area contributed by atoms with Crippen molar-refractivity contribution in [2.24, 2.45) is 10.2 Å². The predicted octanol–water partition coefficient (Wildman–Crippen LogP) is 4.57. The van der Waals surface area contributed by atoms with E-state index in [1.165, 1.54) is 4.68 Å². The molecule has 0 fully saturated rings. The molecule has 0 bridgehead atoms. The van der Waals surface area contributed by atoms with Crippen molar-refractivity contribution in [3.8, 4) is 17.3 Å². The number of aromatic hydroxyl groups is 2. The van der Waals surface area contributed by atoms with Crippen LogP contribution < -0.4 is 0 Å². The summed E-state index contributed by atoms with van der Waals surface area (Å²) in [5.74, 6) is -0.542. The second kappa shape index (κ2) is 6.81. The molecule has 1 heterocycles. The van der Waals surface area contributed by atoms with Gasteiger partial charge in [0.25, 0.3) is 5.69 Å². The van der Waals surface area contributed by atoms with Crippen LogP contribution in [0, 0.1) is 17.0 Å². The van der Waals surface area contributed by atoms with Gasteiger partial charge in [-0.15, -0.1) is 10.2 Å². The van der Waals surface area contributed by atoms with Crippen LogP contribution in [0.3, 0.4) is 0 Å². The largest absolute Gasteiger partial charge is 0.506 e. The number of nitrogens with zero attached hydrogens (tertiary/aromatic N) is 5. The Bertz CT molecular complexity index is 1010. The lowest BCUT2D eigenvalue weighted by molar-refractivity contribution is -0.384. The average Bonchev–Trinajstić information content (AvgIpc) is 2.89. The molecule has 0 radical (unpaired) electrons. The third-order valence-corrected chi connectivity index (χ3v) is 3.76. The molecule has 0 amide bonds. The average molecular weight is 374 g/mol. The zero-order valence-corrected chi connectivity index (χ0v) is 14.1. The van der Waals surface area contributed by atoms with Gasteiger partial charge in [0.2, 0.25) is 5.88 Å². The van der Waals surface area contributed by atoms with Gasteiger partial charge in [-0.3, -0.25) is 10.1 Å².